The maximum Gasteiger partial charge on any atom is 0.267 e. The average molecular weight is 346 g/mol. The van der Waals surface area contributed by atoms with Gasteiger partial charge in [0.25, 0.3) is 5.91 Å². The largest absolute Gasteiger partial charge is 0.478 e. The third-order valence-electron chi connectivity index (χ3n) is 3.76. The van der Waals surface area contributed by atoms with Crippen molar-refractivity contribution < 1.29 is 9.53 Å². The van der Waals surface area contributed by atoms with Gasteiger partial charge in [-0.2, -0.15) is 0 Å². The molecule has 0 aliphatic rings. The summed E-state index contributed by atoms with van der Waals surface area (Å²) in [6, 6.07) is 14.9. The predicted octanol–water partition coefficient (Wildman–Crippen LogP) is 5.48. The zero-order valence-corrected chi connectivity index (χ0v) is 15.2. The van der Waals surface area contributed by atoms with Crippen molar-refractivity contribution in [3.63, 3.8) is 0 Å². The second-order valence-electron chi connectivity index (χ2n) is 6.32. The minimum Gasteiger partial charge on any atom is -0.478 e. The number of hydrogen-bond acceptors (Lipinski definition) is 2. The molecule has 2 rings (SSSR count). The summed E-state index contributed by atoms with van der Waals surface area (Å²) >= 11 is 5.86. The Morgan fingerprint density at radius 1 is 1.08 bits per heavy atom. The summed E-state index contributed by atoms with van der Waals surface area (Å²) in [7, 11) is 0. The van der Waals surface area contributed by atoms with E-state index in [9.17, 15) is 4.79 Å². The topological polar surface area (TPSA) is 38.3 Å². The van der Waals surface area contributed by atoms with Crippen LogP contribution in [-0.4, -0.2) is 11.5 Å². The summed E-state index contributed by atoms with van der Waals surface area (Å²) in [5.74, 6) is 0.410. The van der Waals surface area contributed by atoms with E-state index in [0.717, 1.165) is 12.1 Å². The highest BCUT2D eigenvalue weighted by molar-refractivity contribution is 6.30. The zero-order chi connectivity index (χ0) is 17.6. The van der Waals surface area contributed by atoms with Crippen LogP contribution in [0.15, 0.2) is 48.5 Å². The predicted molar refractivity (Wildman–Crippen MR) is 99.8 cm³/mol. The van der Waals surface area contributed by atoms with Gasteiger partial charge in [0.15, 0.2) is 5.60 Å². The van der Waals surface area contributed by atoms with E-state index in [-0.39, 0.29) is 5.91 Å². The average Bonchev–Trinajstić information content (AvgIpc) is 2.56. The second kappa shape index (κ2) is 8.20. The number of amides is 1. The molecule has 0 atom stereocenters. The lowest BCUT2D eigenvalue weighted by Gasteiger charge is -2.25. The molecule has 0 radical (unpaired) electrons. The second-order valence-corrected chi connectivity index (χ2v) is 6.76. The van der Waals surface area contributed by atoms with Gasteiger partial charge in [-0.15, -0.1) is 0 Å². The van der Waals surface area contributed by atoms with Gasteiger partial charge in [0.05, 0.1) is 0 Å². The molecule has 24 heavy (non-hydrogen) atoms. The van der Waals surface area contributed by atoms with Crippen molar-refractivity contribution in [2.24, 2.45) is 0 Å². The number of halogens is 1. The quantitative estimate of drug-likeness (QED) is 0.721. The molecule has 0 aromatic heterocycles. The Balaban J connectivity index is 1.98. The molecule has 0 bridgehead atoms. The van der Waals surface area contributed by atoms with Gasteiger partial charge < -0.3 is 10.1 Å². The molecular formula is C20H24ClNO2. The van der Waals surface area contributed by atoms with Crippen molar-refractivity contribution in [3.05, 3.63) is 59.1 Å². The molecule has 0 unspecified atom stereocenters. The van der Waals surface area contributed by atoms with Crippen LogP contribution in [0, 0.1) is 0 Å². The highest BCUT2D eigenvalue weighted by atomic mass is 35.5. The van der Waals surface area contributed by atoms with E-state index in [0.29, 0.717) is 10.8 Å². The zero-order valence-electron chi connectivity index (χ0n) is 14.4. The van der Waals surface area contributed by atoms with Crippen LogP contribution in [0.1, 0.15) is 39.2 Å². The molecule has 0 fully saturated rings. The first-order chi connectivity index (χ1) is 11.4. The van der Waals surface area contributed by atoms with Crippen LogP contribution in [0.5, 0.6) is 5.75 Å². The van der Waals surface area contributed by atoms with Gasteiger partial charge >= 0.3 is 0 Å². The number of aryl methyl sites for hydroxylation is 1. The first-order valence-electron chi connectivity index (χ1n) is 8.25. The number of ether oxygens (including phenoxy) is 1. The summed E-state index contributed by atoms with van der Waals surface area (Å²) in [4.78, 5) is 12.5. The van der Waals surface area contributed by atoms with Crippen molar-refractivity contribution in [1.29, 1.82) is 0 Å². The van der Waals surface area contributed by atoms with Crippen LogP contribution >= 0.6 is 11.6 Å². The summed E-state index contributed by atoms with van der Waals surface area (Å²) in [5.41, 5.74) is 1.06. The van der Waals surface area contributed by atoms with Gasteiger partial charge in [-0.05, 0) is 68.7 Å². The Kier molecular flexibility index (Phi) is 6.27. The molecule has 4 heteroatoms. The van der Waals surface area contributed by atoms with Crippen LogP contribution in [-0.2, 0) is 11.2 Å². The third kappa shape index (κ3) is 5.27. The molecule has 0 saturated heterocycles. The van der Waals surface area contributed by atoms with Crippen LogP contribution in [0.4, 0.5) is 5.69 Å². The van der Waals surface area contributed by atoms with E-state index in [1.54, 1.807) is 38.1 Å². The Morgan fingerprint density at radius 3 is 2.29 bits per heavy atom. The molecule has 1 N–H and O–H groups in total. The third-order valence-corrected chi connectivity index (χ3v) is 4.02. The van der Waals surface area contributed by atoms with Crippen LogP contribution < -0.4 is 10.1 Å². The molecule has 1 amide bonds. The normalized spacial score (nSPS) is 11.2. The Morgan fingerprint density at radius 2 is 1.71 bits per heavy atom. The fraction of sp³-hybridized carbons (Fsp3) is 0.350. The summed E-state index contributed by atoms with van der Waals surface area (Å²) in [6.45, 7) is 5.66. The number of nitrogens with one attached hydrogen (secondary N) is 1. The van der Waals surface area contributed by atoms with Crippen LogP contribution in [0.2, 0.25) is 5.02 Å². The minimum absolute atomic E-state index is 0.196. The number of benzene rings is 2. The van der Waals surface area contributed by atoms with Gasteiger partial charge in [-0.3, -0.25) is 4.79 Å². The van der Waals surface area contributed by atoms with E-state index < -0.39 is 5.60 Å². The first kappa shape index (κ1) is 18.3. The molecule has 0 saturated carbocycles. The molecular weight excluding hydrogens is 322 g/mol. The molecule has 128 valence electrons. The lowest BCUT2D eigenvalue weighted by molar-refractivity contribution is -0.128. The van der Waals surface area contributed by atoms with Gasteiger partial charge in [-0.1, -0.05) is 37.1 Å². The molecule has 2 aromatic carbocycles. The standard InChI is InChI=1S/C20H24ClNO2/c1-4-5-6-15-7-11-17(12-8-15)22-19(23)20(2,3)24-18-13-9-16(21)10-14-18/h7-14H,4-6H2,1-3H3,(H,22,23). The van der Waals surface area contributed by atoms with Crippen LogP contribution in [0.25, 0.3) is 0 Å². The number of carbonyl (C=O) groups is 1. The molecule has 0 spiro atoms. The number of rotatable bonds is 7. The monoisotopic (exact) mass is 345 g/mol. The van der Waals surface area contributed by atoms with Crippen molar-refractivity contribution in [3.8, 4) is 5.75 Å². The SMILES string of the molecule is CCCCc1ccc(NC(=O)C(C)(C)Oc2ccc(Cl)cc2)cc1. The highest BCUT2D eigenvalue weighted by Gasteiger charge is 2.30. The molecule has 2 aromatic rings. The number of hydrogen-bond donors (Lipinski definition) is 1. The van der Waals surface area contributed by atoms with E-state index >= 15 is 0 Å². The van der Waals surface area contributed by atoms with E-state index in [2.05, 4.69) is 24.4 Å². The van der Waals surface area contributed by atoms with Gasteiger partial charge in [0.2, 0.25) is 0 Å². The maximum absolute atomic E-state index is 12.5. The first-order valence-corrected chi connectivity index (χ1v) is 8.63. The fourth-order valence-electron chi connectivity index (χ4n) is 2.26. The highest BCUT2D eigenvalue weighted by Crippen LogP contribution is 2.22. The minimum atomic E-state index is -0.991. The smallest absolute Gasteiger partial charge is 0.267 e. The van der Waals surface area contributed by atoms with Crippen molar-refractivity contribution >= 4 is 23.2 Å². The summed E-state index contributed by atoms with van der Waals surface area (Å²) < 4.78 is 5.80. The summed E-state index contributed by atoms with van der Waals surface area (Å²) in [5, 5.41) is 3.54. The van der Waals surface area contributed by atoms with Crippen molar-refractivity contribution in [1.82, 2.24) is 0 Å². The molecule has 0 aliphatic heterocycles. The number of unbranched alkanes of at least 4 members (excludes halogenated alkanes) is 1. The Bertz CT molecular complexity index is 663. The number of anilines is 1. The lowest BCUT2D eigenvalue weighted by atomic mass is 10.1. The Labute approximate surface area is 149 Å². The molecule has 0 heterocycles. The molecule has 0 aliphatic carbocycles. The van der Waals surface area contributed by atoms with Crippen molar-refractivity contribution in [2.45, 2.75) is 45.6 Å². The van der Waals surface area contributed by atoms with Crippen molar-refractivity contribution in [2.75, 3.05) is 5.32 Å². The molecule has 3 nitrogen and oxygen atoms in total. The van der Waals surface area contributed by atoms with Gasteiger partial charge in [0, 0.05) is 10.7 Å². The summed E-state index contributed by atoms with van der Waals surface area (Å²) in [6.07, 6.45) is 3.41. The van der Waals surface area contributed by atoms with E-state index in [1.165, 1.54) is 18.4 Å². The lowest BCUT2D eigenvalue weighted by Crippen LogP contribution is -2.42. The maximum atomic E-state index is 12.5. The number of carbonyl (C=O) groups excluding carboxylic acids is 1. The van der Waals surface area contributed by atoms with Gasteiger partial charge in [0.1, 0.15) is 5.75 Å². The van der Waals surface area contributed by atoms with Gasteiger partial charge in [-0.25, -0.2) is 0 Å². The fourth-order valence-corrected chi connectivity index (χ4v) is 2.39. The van der Waals surface area contributed by atoms with E-state index in [1.807, 2.05) is 12.1 Å². The van der Waals surface area contributed by atoms with Crippen LogP contribution in [0.3, 0.4) is 0 Å². The van der Waals surface area contributed by atoms with E-state index in [4.69, 9.17) is 16.3 Å². The Hall–Kier alpha value is -2.00.